The van der Waals surface area contributed by atoms with Gasteiger partial charge in [0, 0.05) is 17.8 Å². The first kappa shape index (κ1) is 13.8. The fourth-order valence-electron chi connectivity index (χ4n) is 1.92. The fraction of sp³-hybridized carbons (Fsp3) is 0.188. The fourth-order valence-corrected chi connectivity index (χ4v) is 1.92. The van der Waals surface area contributed by atoms with E-state index in [9.17, 15) is 0 Å². The Balaban J connectivity index is 2.15. The van der Waals surface area contributed by atoms with Crippen LogP contribution in [0.5, 0.6) is 11.5 Å². The number of rotatable bonds is 5. The van der Waals surface area contributed by atoms with Crippen molar-refractivity contribution < 1.29 is 9.47 Å². The summed E-state index contributed by atoms with van der Waals surface area (Å²) in [4.78, 5) is 0. The lowest BCUT2D eigenvalue weighted by Gasteiger charge is -2.12. The second kappa shape index (κ2) is 6.48. The highest BCUT2D eigenvalue weighted by molar-refractivity contribution is 5.50. The number of anilines is 1. The van der Waals surface area contributed by atoms with Gasteiger partial charge in [-0.25, -0.2) is 0 Å². The molecule has 0 aromatic heterocycles. The minimum Gasteiger partial charge on any atom is -0.497 e. The van der Waals surface area contributed by atoms with Gasteiger partial charge in [-0.3, -0.25) is 0 Å². The molecule has 0 aliphatic heterocycles. The predicted octanol–water partition coefficient (Wildman–Crippen LogP) is 3.19. The molecule has 1 N–H and O–H groups in total. The molecule has 0 saturated carbocycles. The maximum atomic E-state index is 8.88. The molecule has 102 valence electrons. The van der Waals surface area contributed by atoms with Gasteiger partial charge in [-0.2, -0.15) is 5.26 Å². The summed E-state index contributed by atoms with van der Waals surface area (Å²) in [6, 6.07) is 15.2. The van der Waals surface area contributed by atoms with Gasteiger partial charge in [-0.05, 0) is 36.4 Å². The molecule has 0 heterocycles. The highest BCUT2D eigenvalue weighted by atomic mass is 16.5. The SMILES string of the molecule is COc1ccc(OC)c(CNc2cccc(C#N)c2)c1. The summed E-state index contributed by atoms with van der Waals surface area (Å²) in [7, 11) is 3.27. The van der Waals surface area contributed by atoms with Gasteiger partial charge >= 0.3 is 0 Å². The van der Waals surface area contributed by atoms with Crippen LogP contribution in [-0.2, 0) is 6.54 Å². The third-order valence-electron chi connectivity index (χ3n) is 2.96. The normalized spacial score (nSPS) is 9.65. The Morgan fingerprint density at radius 2 is 1.95 bits per heavy atom. The van der Waals surface area contributed by atoms with Gasteiger partial charge in [0.25, 0.3) is 0 Å². The number of hydrogen-bond acceptors (Lipinski definition) is 4. The quantitative estimate of drug-likeness (QED) is 0.904. The van der Waals surface area contributed by atoms with E-state index in [1.807, 2.05) is 36.4 Å². The Labute approximate surface area is 118 Å². The molecule has 2 rings (SSSR count). The topological polar surface area (TPSA) is 54.3 Å². The summed E-state index contributed by atoms with van der Waals surface area (Å²) < 4.78 is 10.5. The molecule has 0 amide bonds. The van der Waals surface area contributed by atoms with E-state index < -0.39 is 0 Å². The van der Waals surface area contributed by atoms with Crippen molar-refractivity contribution in [1.29, 1.82) is 5.26 Å². The van der Waals surface area contributed by atoms with Crippen LogP contribution in [0, 0.1) is 11.3 Å². The first-order chi connectivity index (χ1) is 9.76. The monoisotopic (exact) mass is 268 g/mol. The number of methoxy groups -OCH3 is 2. The number of ether oxygens (including phenoxy) is 2. The van der Waals surface area contributed by atoms with Gasteiger partial charge in [0.05, 0.1) is 25.9 Å². The standard InChI is InChI=1S/C16H16N2O2/c1-19-15-6-7-16(20-2)13(9-15)11-18-14-5-3-4-12(8-14)10-17/h3-9,18H,11H2,1-2H3. The zero-order chi connectivity index (χ0) is 14.4. The summed E-state index contributed by atoms with van der Waals surface area (Å²) in [5.41, 5.74) is 2.52. The van der Waals surface area contributed by atoms with E-state index in [-0.39, 0.29) is 0 Å². The molecule has 4 nitrogen and oxygen atoms in total. The Kier molecular flexibility index (Phi) is 4.46. The van der Waals surface area contributed by atoms with Crippen LogP contribution in [0.1, 0.15) is 11.1 Å². The van der Waals surface area contributed by atoms with Gasteiger partial charge in [-0.15, -0.1) is 0 Å². The Hall–Kier alpha value is -2.67. The molecule has 0 atom stereocenters. The summed E-state index contributed by atoms with van der Waals surface area (Å²) in [5.74, 6) is 1.59. The van der Waals surface area contributed by atoms with Crippen molar-refractivity contribution in [3.63, 3.8) is 0 Å². The molecule has 0 aliphatic rings. The summed E-state index contributed by atoms with van der Waals surface area (Å²) in [5, 5.41) is 12.2. The second-order valence-corrected chi connectivity index (χ2v) is 4.22. The molecule has 2 aromatic carbocycles. The van der Waals surface area contributed by atoms with E-state index >= 15 is 0 Å². The molecule has 4 heteroatoms. The number of nitrogens with zero attached hydrogens (tertiary/aromatic N) is 1. The minimum absolute atomic E-state index is 0.593. The van der Waals surface area contributed by atoms with E-state index in [0.717, 1.165) is 22.7 Å². The molecule has 0 radical (unpaired) electrons. The summed E-state index contributed by atoms with van der Waals surface area (Å²) in [6.45, 7) is 0.593. The van der Waals surface area contributed by atoms with Crippen LogP contribution in [-0.4, -0.2) is 14.2 Å². The van der Waals surface area contributed by atoms with Gasteiger partial charge < -0.3 is 14.8 Å². The van der Waals surface area contributed by atoms with Gasteiger partial charge in [0.2, 0.25) is 0 Å². The molecule has 0 fully saturated rings. The van der Waals surface area contributed by atoms with Crippen molar-refractivity contribution in [2.24, 2.45) is 0 Å². The van der Waals surface area contributed by atoms with E-state index in [1.54, 1.807) is 20.3 Å². The van der Waals surface area contributed by atoms with Crippen LogP contribution < -0.4 is 14.8 Å². The number of hydrogen-bond donors (Lipinski definition) is 1. The molecule has 2 aromatic rings. The molecular formula is C16H16N2O2. The van der Waals surface area contributed by atoms with E-state index in [2.05, 4.69) is 11.4 Å². The van der Waals surface area contributed by atoms with Crippen molar-refractivity contribution in [3.05, 3.63) is 53.6 Å². The molecule has 0 unspecified atom stereocenters. The molecule has 20 heavy (non-hydrogen) atoms. The predicted molar refractivity (Wildman–Crippen MR) is 78.0 cm³/mol. The lowest BCUT2D eigenvalue weighted by Crippen LogP contribution is -2.02. The van der Waals surface area contributed by atoms with Crippen LogP contribution in [0.15, 0.2) is 42.5 Å². The zero-order valence-corrected chi connectivity index (χ0v) is 11.5. The smallest absolute Gasteiger partial charge is 0.124 e. The van der Waals surface area contributed by atoms with Crippen molar-refractivity contribution in [3.8, 4) is 17.6 Å². The van der Waals surface area contributed by atoms with Crippen LogP contribution in [0.2, 0.25) is 0 Å². The van der Waals surface area contributed by atoms with Crippen molar-refractivity contribution >= 4 is 5.69 Å². The van der Waals surface area contributed by atoms with Crippen LogP contribution >= 0.6 is 0 Å². The summed E-state index contributed by atoms with van der Waals surface area (Å²) >= 11 is 0. The van der Waals surface area contributed by atoms with Crippen molar-refractivity contribution in [2.75, 3.05) is 19.5 Å². The zero-order valence-electron chi connectivity index (χ0n) is 11.5. The van der Waals surface area contributed by atoms with Crippen LogP contribution in [0.25, 0.3) is 0 Å². The first-order valence-electron chi connectivity index (χ1n) is 6.21. The first-order valence-corrected chi connectivity index (χ1v) is 6.21. The van der Waals surface area contributed by atoms with Gasteiger partial charge in [0.1, 0.15) is 11.5 Å². The van der Waals surface area contributed by atoms with E-state index in [1.165, 1.54) is 0 Å². The number of benzene rings is 2. The molecule has 0 bridgehead atoms. The Bertz CT molecular complexity index is 633. The van der Waals surface area contributed by atoms with Crippen LogP contribution in [0.3, 0.4) is 0 Å². The highest BCUT2D eigenvalue weighted by Crippen LogP contribution is 2.25. The number of nitrogens with one attached hydrogen (secondary N) is 1. The van der Waals surface area contributed by atoms with Crippen molar-refractivity contribution in [2.45, 2.75) is 6.54 Å². The maximum Gasteiger partial charge on any atom is 0.124 e. The molecular weight excluding hydrogens is 252 g/mol. The Morgan fingerprint density at radius 3 is 2.65 bits per heavy atom. The highest BCUT2D eigenvalue weighted by Gasteiger charge is 2.05. The van der Waals surface area contributed by atoms with Gasteiger partial charge in [-0.1, -0.05) is 6.07 Å². The largest absolute Gasteiger partial charge is 0.497 e. The van der Waals surface area contributed by atoms with E-state index in [0.29, 0.717) is 12.1 Å². The second-order valence-electron chi connectivity index (χ2n) is 4.22. The third-order valence-corrected chi connectivity index (χ3v) is 2.96. The molecule has 0 saturated heterocycles. The summed E-state index contributed by atoms with van der Waals surface area (Å²) in [6.07, 6.45) is 0. The lowest BCUT2D eigenvalue weighted by atomic mass is 10.1. The Morgan fingerprint density at radius 1 is 1.10 bits per heavy atom. The van der Waals surface area contributed by atoms with E-state index in [4.69, 9.17) is 14.7 Å². The molecule has 0 spiro atoms. The van der Waals surface area contributed by atoms with Crippen molar-refractivity contribution in [1.82, 2.24) is 0 Å². The molecule has 0 aliphatic carbocycles. The maximum absolute atomic E-state index is 8.88. The van der Waals surface area contributed by atoms with Crippen LogP contribution in [0.4, 0.5) is 5.69 Å². The lowest BCUT2D eigenvalue weighted by molar-refractivity contribution is 0.399. The minimum atomic E-state index is 0.593. The van der Waals surface area contributed by atoms with Gasteiger partial charge in [0.15, 0.2) is 0 Å². The number of nitriles is 1. The average Bonchev–Trinajstić information content (AvgIpc) is 2.52. The average molecular weight is 268 g/mol. The third kappa shape index (κ3) is 3.21.